The summed E-state index contributed by atoms with van der Waals surface area (Å²) < 4.78 is 4.85. The number of aromatic nitrogens is 2. The van der Waals surface area contributed by atoms with Gasteiger partial charge in [-0.1, -0.05) is 27.7 Å². The van der Waals surface area contributed by atoms with E-state index in [1.54, 1.807) is 0 Å². The molecule has 0 spiro atoms. The van der Waals surface area contributed by atoms with Gasteiger partial charge in [-0.3, -0.25) is 0 Å². The lowest BCUT2D eigenvalue weighted by Crippen LogP contribution is -1.97. The van der Waals surface area contributed by atoms with Gasteiger partial charge in [-0.2, -0.15) is 0 Å². The van der Waals surface area contributed by atoms with Crippen molar-refractivity contribution in [3.63, 3.8) is 0 Å². The first kappa shape index (κ1) is 38.9. The summed E-state index contributed by atoms with van der Waals surface area (Å²) >= 11 is 0. The second-order valence-electron chi connectivity index (χ2n) is 14.7. The molecule has 0 N–H and O–H groups in total. The van der Waals surface area contributed by atoms with Gasteiger partial charge in [0, 0.05) is 35.6 Å². The first-order chi connectivity index (χ1) is 21.8. The molecule has 0 fully saturated rings. The van der Waals surface area contributed by atoms with Crippen LogP contribution in [0.1, 0.15) is 117 Å². The minimum Gasteiger partial charge on any atom is -0.343 e. The summed E-state index contributed by atoms with van der Waals surface area (Å²) in [5.41, 5.74) is 28.6. The SMILES string of the molecule is C.CCC.Cc1c(C)c(C)c2c(c1C)c1c(C)c(C)c(C)c(C)c1n2C.Cc1c(C)c(C)c2c(c1C)c1c(C)c(C)c(C)c(C)c1n2C. The maximum atomic E-state index is 2.42. The lowest BCUT2D eigenvalue weighted by molar-refractivity contribution is 0.994. The van der Waals surface area contributed by atoms with Gasteiger partial charge in [-0.25, -0.2) is 0 Å². The van der Waals surface area contributed by atoms with E-state index >= 15 is 0 Å². The third-order valence-electron chi connectivity index (χ3n) is 12.5. The molecule has 2 heteroatoms. The second kappa shape index (κ2) is 13.8. The van der Waals surface area contributed by atoms with E-state index in [1.807, 2.05) is 0 Å². The molecule has 4 aromatic carbocycles. The van der Waals surface area contributed by atoms with Crippen molar-refractivity contribution in [2.75, 3.05) is 0 Å². The van der Waals surface area contributed by atoms with Crippen LogP contribution in [0, 0.1) is 111 Å². The van der Waals surface area contributed by atoms with Crippen molar-refractivity contribution in [1.82, 2.24) is 9.13 Å². The van der Waals surface area contributed by atoms with Gasteiger partial charge in [0.1, 0.15) is 0 Å². The molecule has 48 heavy (non-hydrogen) atoms. The number of hydrogen-bond donors (Lipinski definition) is 0. The average molecular weight is 647 g/mol. The molecule has 0 aliphatic heterocycles. The number of benzene rings is 4. The lowest BCUT2D eigenvalue weighted by Gasteiger charge is -2.13. The maximum absolute atomic E-state index is 2.42. The van der Waals surface area contributed by atoms with Crippen LogP contribution >= 0.6 is 0 Å². The molecule has 6 rings (SSSR count). The molecule has 0 amide bonds. The second-order valence-corrected chi connectivity index (χ2v) is 14.7. The van der Waals surface area contributed by atoms with Gasteiger partial charge in [-0.15, -0.1) is 0 Å². The molecule has 0 radical (unpaired) electrons. The van der Waals surface area contributed by atoms with E-state index in [0.29, 0.717) is 0 Å². The number of nitrogens with zero attached hydrogens (tertiary/aromatic N) is 2. The zero-order valence-electron chi connectivity index (χ0n) is 33.6. The van der Waals surface area contributed by atoms with Crippen LogP contribution in [0.4, 0.5) is 0 Å². The fraction of sp³-hybridized carbons (Fsp3) is 0.478. The molecular formula is C46H66N2. The first-order valence-electron chi connectivity index (χ1n) is 17.7. The summed E-state index contributed by atoms with van der Waals surface area (Å²) in [4.78, 5) is 0. The number of aryl methyl sites for hydroxylation is 10. The summed E-state index contributed by atoms with van der Waals surface area (Å²) in [6.45, 7) is 40.5. The zero-order valence-corrected chi connectivity index (χ0v) is 33.6. The Morgan fingerprint density at radius 3 is 0.542 bits per heavy atom. The molecule has 0 unspecified atom stereocenters. The fourth-order valence-corrected chi connectivity index (χ4v) is 8.30. The fourth-order valence-electron chi connectivity index (χ4n) is 8.30. The number of hydrogen-bond acceptors (Lipinski definition) is 0. The Kier molecular flexibility index (Phi) is 11.2. The van der Waals surface area contributed by atoms with E-state index in [9.17, 15) is 0 Å². The third-order valence-corrected chi connectivity index (χ3v) is 12.5. The number of fused-ring (bicyclic) bond motifs is 6. The van der Waals surface area contributed by atoms with Crippen molar-refractivity contribution in [2.45, 2.75) is 138 Å². The van der Waals surface area contributed by atoms with Gasteiger partial charge in [0.15, 0.2) is 0 Å². The highest BCUT2D eigenvalue weighted by Crippen LogP contribution is 2.42. The van der Waals surface area contributed by atoms with Crippen LogP contribution in [0.3, 0.4) is 0 Å². The van der Waals surface area contributed by atoms with Gasteiger partial charge in [0.05, 0.1) is 22.1 Å². The normalized spacial score (nSPS) is 11.2. The number of rotatable bonds is 0. The van der Waals surface area contributed by atoms with E-state index in [1.165, 1.54) is 139 Å². The van der Waals surface area contributed by atoms with Gasteiger partial charge in [-0.05, 0) is 200 Å². The largest absolute Gasteiger partial charge is 0.343 e. The molecule has 2 heterocycles. The van der Waals surface area contributed by atoms with Gasteiger partial charge in [0.25, 0.3) is 0 Å². The quantitative estimate of drug-likeness (QED) is 0.155. The molecule has 0 atom stereocenters. The Bertz CT molecular complexity index is 1930. The van der Waals surface area contributed by atoms with Crippen LogP contribution in [0.5, 0.6) is 0 Å². The predicted octanol–water partition coefficient (Wildman–Crippen LogP) is 13.7. The van der Waals surface area contributed by atoms with Crippen LogP contribution < -0.4 is 0 Å². The topological polar surface area (TPSA) is 9.86 Å². The van der Waals surface area contributed by atoms with E-state index in [-0.39, 0.29) is 7.43 Å². The highest BCUT2D eigenvalue weighted by atomic mass is 14.9. The molecule has 0 aliphatic rings. The van der Waals surface area contributed by atoms with Crippen molar-refractivity contribution >= 4 is 43.6 Å². The van der Waals surface area contributed by atoms with Crippen LogP contribution in [0.15, 0.2) is 0 Å². The molecule has 0 bridgehead atoms. The summed E-state index contributed by atoms with van der Waals surface area (Å²) in [6, 6.07) is 0. The lowest BCUT2D eigenvalue weighted by atomic mass is 9.90. The molecule has 2 aromatic heterocycles. The Hall–Kier alpha value is -3.52. The van der Waals surface area contributed by atoms with Gasteiger partial charge >= 0.3 is 0 Å². The van der Waals surface area contributed by atoms with Crippen molar-refractivity contribution in [3.8, 4) is 0 Å². The smallest absolute Gasteiger partial charge is 0.0524 e. The minimum absolute atomic E-state index is 0. The molecular weight excluding hydrogens is 581 g/mol. The first-order valence-corrected chi connectivity index (χ1v) is 17.7. The van der Waals surface area contributed by atoms with E-state index < -0.39 is 0 Å². The minimum atomic E-state index is 0. The summed E-state index contributed by atoms with van der Waals surface area (Å²) in [5.74, 6) is 0. The van der Waals surface area contributed by atoms with Crippen molar-refractivity contribution < 1.29 is 0 Å². The highest BCUT2D eigenvalue weighted by Gasteiger charge is 2.23. The Morgan fingerprint density at radius 1 is 0.271 bits per heavy atom. The summed E-state index contributed by atoms with van der Waals surface area (Å²) in [6.07, 6.45) is 1.25. The maximum Gasteiger partial charge on any atom is 0.0524 e. The Labute approximate surface area is 293 Å². The van der Waals surface area contributed by atoms with Crippen LogP contribution in [-0.4, -0.2) is 9.13 Å². The Balaban J connectivity index is 0.000000236. The Morgan fingerprint density at radius 2 is 0.396 bits per heavy atom. The van der Waals surface area contributed by atoms with Crippen LogP contribution in [0.25, 0.3) is 43.6 Å². The van der Waals surface area contributed by atoms with Gasteiger partial charge < -0.3 is 9.13 Å². The monoisotopic (exact) mass is 647 g/mol. The molecule has 0 saturated heterocycles. The standard InChI is InChI=1S/2C21H27N.C3H8.CH4/c2*1-10-12(3)16(7)20-18(14(10)5)19-15(6)11(2)13(4)17(8)21(19)22(20)9;1-3-2;/h2*1-9H3;3H2,1-2H3;1H4. The van der Waals surface area contributed by atoms with Gasteiger partial charge in [0.2, 0.25) is 0 Å². The highest BCUT2D eigenvalue weighted by molar-refractivity contribution is 6.15. The van der Waals surface area contributed by atoms with Crippen molar-refractivity contribution in [3.05, 3.63) is 89.0 Å². The molecule has 260 valence electrons. The molecule has 2 nitrogen and oxygen atoms in total. The van der Waals surface area contributed by atoms with E-state index in [2.05, 4.69) is 148 Å². The van der Waals surface area contributed by atoms with E-state index in [4.69, 9.17) is 0 Å². The average Bonchev–Trinajstić information content (AvgIpc) is 3.52. The third kappa shape index (κ3) is 5.39. The summed E-state index contributed by atoms with van der Waals surface area (Å²) in [5, 5.41) is 5.84. The van der Waals surface area contributed by atoms with Crippen molar-refractivity contribution in [2.24, 2.45) is 14.1 Å². The summed E-state index contributed by atoms with van der Waals surface area (Å²) in [7, 11) is 4.46. The van der Waals surface area contributed by atoms with E-state index in [0.717, 1.165) is 0 Å². The molecule has 0 aliphatic carbocycles. The molecule has 6 aromatic rings. The molecule has 0 saturated carbocycles. The zero-order chi connectivity index (χ0) is 35.7. The van der Waals surface area contributed by atoms with Crippen LogP contribution in [-0.2, 0) is 14.1 Å². The van der Waals surface area contributed by atoms with Crippen LogP contribution in [0.2, 0.25) is 0 Å². The predicted molar refractivity (Wildman–Crippen MR) is 219 cm³/mol. The van der Waals surface area contributed by atoms with Crippen molar-refractivity contribution in [1.29, 1.82) is 0 Å².